The lowest BCUT2D eigenvalue weighted by atomic mass is 10.2. The molecule has 3 aromatic rings. The van der Waals surface area contributed by atoms with Crippen molar-refractivity contribution in [3.05, 3.63) is 41.2 Å². The van der Waals surface area contributed by atoms with Gasteiger partial charge in [0.1, 0.15) is 0 Å². The molecule has 27 heavy (non-hydrogen) atoms. The zero-order chi connectivity index (χ0) is 19.0. The number of fused-ring (bicyclic) bond motifs is 1. The van der Waals surface area contributed by atoms with Crippen molar-refractivity contribution in [2.45, 2.75) is 23.9 Å². The highest BCUT2D eigenvalue weighted by Crippen LogP contribution is 2.33. The Bertz CT molecular complexity index is 1090. The topological polar surface area (TPSA) is 116 Å². The summed E-state index contributed by atoms with van der Waals surface area (Å²) < 4.78 is 39.8. The second-order valence-electron chi connectivity index (χ2n) is 5.93. The number of ether oxygens (including phenoxy) is 2. The summed E-state index contributed by atoms with van der Waals surface area (Å²) in [5, 5.41) is 2.84. The Balaban J connectivity index is 1.53. The molecule has 9 nitrogen and oxygen atoms in total. The number of anilines is 2. The number of rotatable bonds is 5. The SMILES string of the molecule is Cc1cc(C)nc(Nc2nsc(S(=O)(=O)Cc3ccc4c(c3)OCO4)n2)n1. The van der Waals surface area contributed by atoms with Crippen LogP contribution in [0.1, 0.15) is 17.0 Å². The Morgan fingerprint density at radius 2 is 1.78 bits per heavy atom. The highest BCUT2D eigenvalue weighted by Gasteiger charge is 2.23. The van der Waals surface area contributed by atoms with Gasteiger partial charge in [-0.05, 0) is 37.6 Å². The van der Waals surface area contributed by atoms with Gasteiger partial charge in [-0.15, -0.1) is 0 Å². The lowest BCUT2D eigenvalue weighted by Crippen LogP contribution is -2.05. The summed E-state index contributed by atoms with van der Waals surface area (Å²) >= 11 is 0.806. The van der Waals surface area contributed by atoms with Crippen LogP contribution < -0.4 is 14.8 Å². The Morgan fingerprint density at radius 3 is 2.56 bits per heavy atom. The molecule has 0 fully saturated rings. The van der Waals surface area contributed by atoms with Crippen LogP contribution in [0.5, 0.6) is 11.5 Å². The van der Waals surface area contributed by atoms with E-state index >= 15 is 0 Å². The third kappa shape index (κ3) is 3.83. The minimum Gasteiger partial charge on any atom is -0.454 e. The molecule has 0 saturated carbocycles. The molecule has 0 saturated heterocycles. The fourth-order valence-corrected chi connectivity index (χ4v) is 4.67. The summed E-state index contributed by atoms with van der Waals surface area (Å²) in [7, 11) is -3.65. The molecule has 0 bridgehead atoms. The number of nitrogens with zero attached hydrogens (tertiary/aromatic N) is 4. The summed E-state index contributed by atoms with van der Waals surface area (Å²) in [6.45, 7) is 3.82. The molecule has 1 N–H and O–H groups in total. The second-order valence-corrected chi connectivity index (χ2v) is 8.85. The third-order valence-electron chi connectivity index (χ3n) is 3.67. The normalized spacial score (nSPS) is 13.0. The van der Waals surface area contributed by atoms with Gasteiger partial charge in [0.25, 0.3) is 0 Å². The van der Waals surface area contributed by atoms with Gasteiger partial charge in [-0.1, -0.05) is 6.07 Å². The predicted octanol–water partition coefficient (Wildman–Crippen LogP) is 2.39. The van der Waals surface area contributed by atoms with Gasteiger partial charge < -0.3 is 9.47 Å². The molecule has 1 aromatic carbocycles. The molecule has 0 atom stereocenters. The first-order chi connectivity index (χ1) is 12.9. The molecule has 3 heterocycles. The number of aryl methyl sites for hydroxylation is 2. The fraction of sp³-hybridized carbons (Fsp3) is 0.250. The molecule has 4 rings (SSSR count). The maximum absolute atomic E-state index is 12.7. The summed E-state index contributed by atoms with van der Waals surface area (Å²) in [5.74, 6) is 1.40. The maximum Gasteiger partial charge on any atom is 0.242 e. The van der Waals surface area contributed by atoms with E-state index in [2.05, 4.69) is 24.6 Å². The maximum atomic E-state index is 12.7. The number of nitrogens with one attached hydrogen (secondary N) is 1. The van der Waals surface area contributed by atoms with Gasteiger partial charge in [-0.3, -0.25) is 5.32 Å². The molecule has 11 heteroatoms. The number of benzene rings is 1. The fourth-order valence-electron chi connectivity index (χ4n) is 2.58. The average Bonchev–Trinajstić information content (AvgIpc) is 3.22. The van der Waals surface area contributed by atoms with Gasteiger partial charge in [-0.25, -0.2) is 18.4 Å². The predicted molar refractivity (Wildman–Crippen MR) is 98.2 cm³/mol. The second kappa shape index (κ2) is 6.74. The van der Waals surface area contributed by atoms with Crippen molar-refractivity contribution >= 4 is 33.3 Å². The number of hydrogen-bond acceptors (Lipinski definition) is 10. The highest BCUT2D eigenvalue weighted by molar-refractivity contribution is 7.92. The molecule has 0 unspecified atom stereocenters. The Hall–Kier alpha value is -2.79. The standard InChI is InChI=1S/C16H15N5O4S2/c1-9-5-10(2)18-14(17-9)19-15-20-16(26-21-15)27(22,23)7-11-3-4-12-13(6-11)25-8-24-12/h3-6H,7-8H2,1-2H3,(H,17,18,19,21). The van der Waals surface area contributed by atoms with E-state index in [-0.39, 0.29) is 22.8 Å². The number of sulfone groups is 1. The van der Waals surface area contributed by atoms with Crippen LogP contribution in [0, 0.1) is 13.8 Å². The van der Waals surface area contributed by atoms with E-state index in [9.17, 15) is 8.42 Å². The van der Waals surface area contributed by atoms with E-state index in [1.54, 1.807) is 18.2 Å². The lowest BCUT2D eigenvalue weighted by Gasteiger charge is -2.03. The third-order valence-corrected chi connectivity index (χ3v) is 6.51. The van der Waals surface area contributed by atoms with Crippen molar-refractivity contribution in [1.82, 2.24) is 19.3 Å². The summed E-state index contributed by atoms with van der Waals surface area (Å²) in [5.41, 5.74) is 2.16. The van der Waals surface area contributed by atoms with Crippen molar-refractivity contribution in [2.75, 3.05) is 12.1 Å². The summed E-state index contributed by atoms with van der Waals surface area (Å²) in [4.78, 5) is 12.5. The summed E-state index contributed by atoms with van der Waals surface area (Å²) in [6.07, 6.45) is 0. The molecule has 2 aromatic heterocycles. The van der Waals surface area contributed by atoms with Gasteiger partial charge in [0.2, 0.25) is 32.9 Å². The Labute approximate surface area is 159 Å². The molecule has 0 radical (unpaired) electrons. The molecule has 0 amide bonds. The van der Waals surface area contributed by atoms with E-state index in [0.29, 0.717) is 23.0 Å². The Kier molecular flexibility index (Phi) is 4.40. The minimum atomic E-state index is -3.65. The summed E-state index contributed by atoms with van der Waals surface area (Å²) in [6, 6.07) is 6.87. The minimum absolute atomic E-state index is 0.0768. The van der Waals surface area contributed by atoms with Crippen LogP contribution in [0.15, 0.2) is 28.6 Å². The molecule has 1 aliphatic heterocycles. The zero-order valence-electron chi connectivity index (χ0n) is 14.5. The highest BCUT2D eigenvalue weighted by atomic mass is 32.2. The van der Waals surface area contributed by atoms with Crippen LogP contribution in [-0.2, 0) is 15.6 Å². The van der Waals surface area contributed by atoms with Crippen LogP contribution >= 0.6 is 11.5 Å². The van der Waals surface area contributed by atoms with Crippen molar-refractivity contribution in [1.29, 1.82) is 0 Å². The van der Waals surface area contributed by atoms with Gasteiger partial charge in [-0.2, -0.15) is 9.36 Å². The van der Waals surface area contributed by atoms with Crippen LogP contribution in [0.3, 0.4) is 0 Å². The van der Waals surface area contributed by atoms with Gasteiger partial charge in [0.05, 0.1) is 5.75 Å². The van der Waals surface area contributed by atoms with Crippen LogP contribution in [-0.4, -0.2) is 34.5 Å². The van der Waals surface area contributed by atoms with Crippen molar-refractivity contribution in [3.8, 4) is 11.5 Å². The first kappa shape index (κ1) is 17.6. The molecule has 140 valence electrons. The van der Waals surface area contributed by atoms with Gasteiger partial charge in [0, 0.05) is 22.9 Å². The number of hydrogen-bond donors (Lipinski definition) is 1. The van der Waals surface area contributed by atoms with Crippen LogP contribution in [0.2, 0.25) is 0 Å². The zero-order valence-corrected chi connectivity index (χ0v) is 16.1. The van der Waals surface area contributed by atoms with Crippen molar-refractivity contribution in [2.24, 2.45) is 0 Å². The molecule has 1 aliphatic rings. The first-order valence-corrected chi connectivity index (χ1v) is 10.4. The van der Waals surface area contributed by atoms with E-state index < -0.39 is 9.84 Å². The van der Waals surface area contributed by atoms with Crippen LogP contribution in [0.25, 0.3) is 0 Å². The van der Waals surface area contributed by atoms with E-state index in [0.717, 1.165) is 22.9 Å². The van der Waals surface area contributed by atoms with E-state index in [1.807, 2.05) is 19.9 Å². The largest absolute Gasteiger partial charge is 0.454 e. The quantitative estimate of drug-likeness (QED) is 0.683. The molecule has 0 aliphatic carbocycles. The van der Waals surface area contributed by atoms with Crippen LogP contribution in [0.4, 0.5) is 11.9 Å². The average molecular weight is 405 g/mol. The van der Waals surface area contributed by atoms with Crippen molar-refractivity contribution < 1.29 is 17.9 Å². The smallest absolute Gasteiger partial charge is 0.242 e. The van der Waals surface area contributed by atoms with E-state index in [4.69, 9.17) is 9.47 Å². The van der Waals surface area contributed by atoms with E-state index in [1.165, 1.54) is 0 Å². The first-order valence-electron chi connectivity index (χ1n) is 7.93. The monoisotopic (exact) mass is 405 g/mol. The van der Waals surface area contributed by atoms with Gasteiger partial charge >= 0.3 is 0 Å². The van der Waals surface area contributed by atoms with Gasteiger partial charge in [0.15, 0.2) is 11.5 Å². The molecular weight excluding hydrogens is 390 g/mol. The number of aromatic nitrogens is 4. The Morgan fingerprint density at radius 1 is 1.04 bits per heavy atom. The molecular formula is C16H15N5O4S2. The molecule has 0 spiro atoms. The van der Waals surface area contributed by atoms with Crippen molar-refractivity contribution in [3.63, 3.8) is 0 Å². The lowest BCUT2D eigenvalue weighted by molar-refractivity contribution is 0.174.